The molecule has 0 fully saturated rings. The highest BCUT2D eigenvalue weighted by molar-refractivity contribution is 7.09. The van der Waals surface area contributed by atoms with E-state index < -0.39 is 11.9 Å². The van der Waals surface area contributed by atoms with E-state index in [1.807, 2.05) is 38.1 Å². The van der Waals surface area contributed by atoms with Crippen LogP contribution in [-0.4, -0.2) is 27.8 Å². The lowest BCUT2D eigenvalue weighted by atomic mass is 9.92. The number of nitrogens with two attached hydrogens (primary N) is 1. The second-order valence-corrected chi connectivity index (χ2v) is 7.42. The highest BCUT2D eigenvalue weighted by Gasteiger charge is 2.34. The third kappa shape index (κ3) is 3.24. The van der Waals surface area contributed by atoms with Gasteiger partial charge in [0.2, 0.25) is 11.8 Å². The topological polar surface area (TPSA) is 85.4 Å². The Hall–Kier alpha value is -2.41. The van der Waals surface area contributed by atoms with Crippen LogP contribution < -0.4 is 10.6 Å². The van der Waals surface area contributed by atoms with E-state index in [1.165, 1.54) is 11.3 Å². The van der Waals surface area contributed by atoms with Crippen molar-refractivity contribution in [1.29, 1.82) is 0 Å². The van der Waals surface area contributed by atoms with Crippen molar-refractivity contribution < 1.29 is 9.59 Å². The lowest BCUT2D eigenvalue weighted by molar-refractivity contribution is -0.140. The molecule has 7 heteroatoms. The highest BCUT2D eigenvalue weighted by Crippen LogP contribution is 2.30. The lowest BCUT2D eigenvalue weighted by Crippen LogP contribution is -2.46. The summed E-state index contributed by atoms with van der Waals surface area (Å²) in [5, 5.41) is 0. The molecule has 2 aromatic rings. The summed E-state index contributed by atoms with van der Waals surface area (Å²) in [5.74, 6) is -0.686. The molecule has 0 aliphatic carbocycles. The zero-order chi connectivity index (χ0) is 18.1. The van der Waals surface area contributed by atoms with Crippen LogP contribution in [0.15, 0.2) is 29.1 Å². The first-order valence-electron chi connectivity index (χ1n) is 8.23. The number of hydrogen-bond acceptors (Lipinski definition) is 4. The molecule has 2 N–H and O–H groups in total. The van der Waals surface area contributed by atoms with Gasteiger partial charge in [0.1, 0.15) is 6.04 Å². The molecule has 1 aliphatic heterocycles. The lowest BCUT2D eigenvalue weighted by Gasteiger charge is -2.35. The van der Waals surface area contributed by atoms with Gasteiger partial charge in [-0.3, -0.25) is 14.4 Å². The molecule has 1 aromatic carbocycles. The molecule has 2 amide bonds. The van der Waals surface area contributed by atoms with Crippen LogP contribution in [0.3, 0.4) is 0 Å². The van der Waals surface area contributed by atoms with Gasteiger partial charge in [-0.15, -0.1) is 0 Å². The normalized spacial score (nSPS) is 16.6. The summed E-state index contributed by atoms with van der Waals surface area (Å²) in [6.45, 7) is 4.54. The van der Waals surface area contributed by atoms with Gasteiger partial charge in [0, 0.05) is 30.1 Å². The van der Waals surface area contributed by atoms with Crippen molar-refractivity contribution in [3.63, 3.8) is 0 Å². The van der Waals surface area contributed by atoms with Crippen LogP contribution in [-0.2, 0) is 22.6 Å². The van der Waals surface area contributed by atoms with Crippen molar-refractivity contribution in [1.82, 2.24) is 9.47 Å². The Balaban J connectivity index is 1.80. The zero-order valence-electron chi connectivity index (χ0n) is 14.3. The summed E-state index contributed by atoms with van der Waals surface area (Å²) < 4.78 is 1.62. The second-order valence-electron chi connectivity index (χ2n) is 6.25. The van der Waals surface area contributed by atoms with E-state index in [-0.39, 0.29) is 17.2 Å². The fourth-order valence-corrected chi connectivity index (χ4v) is 4.20. The first kappa shape index (κ1) is 17.4. The fraction of sp³-hybridized carbons (Fsp3) is 0.389. The van der Waals surface area contributed by atoms with E-state index in [0.717, 1.165) is 21.7 Å². The van der Waals surface area contributed by atoms with Crippen molar-refractivity contribution in [3.8, 4) is 0 Å². The number of carbonyl (C=O) groups excluding carboxylic acids is 2. The summed E-state index contributed by atoms with van der Waals surface area (Å²) in [6.07, 6.45) is 0.866. The molecule has 6 nitrogen and oxygen atoms in total. The maximum Gasteiger partial charge on any atom is 0.307 e. The van der Waals surface area contributed by atoms with Gasteiger partial charge in [0.25, 0.3) is 0 Å². The molecule has 0 bridgehead atoms. The summed E-state index contributed by atoms with van der Waals surface area (Å²) in [4.78, 5) is 39.1. The molecule has 1 atom stereocenters. The minimum absolute atomic E-state index is 0.0572. The average molecular weight is 359 g/mol. The van der Waals surface area contributed by atoms with Crippen molar-refractivity contribution in [3.05, 3.63) is 55.6 Å². The van der Waals surface area contributed by atoms with Gasteiger partial charge in [-0.2, -0.15) is 0 Å². The molecule has 0 saturated carbocycles. The number of aromatic nitrogens is 1. The van der Waals surface area contributed by atoms with Gasteiger partial charge in [-0.25, -0.2) is 0 Å². The number of hydrogen-bond donors (Lipinski definition) is 1. The average Bonchev–Trinajstić information content (AvgIpc) is 2.83. The maximum atomic E-state index is 12.7. The van der Waals surface area contributed by atoms with Gasteiger partial charge < -0.3 is 15.2 Å². The molecule has 0 radical (unpaired) electrons. The molecule has 132 valence electrons. The number of nitrogens with zero attached hydrogens (tertiary/aromatic N) is 2. The number of primary amides is 1. The molecule has 0 unspecified atom stereocenters. The van der Waals surface area contributed by atoms with Crippen molar-refractivity contribution in [2.45, 2.75) is 39.3 Å². The van der Waals surface area contributed by atoms with E-state index in [2.05, 4.69) is 0 Å². The number of amides is 2. The van der Waals surface area contributed by atoms with E-state index >= 15 is 0 Å². The number of aryl methyl sites for hydroxylation is 1. The Labute approximate surface area is 149 Å². The number of rotatable bonds is 4. The third-order valence-corrected chi connectivity index (χ3v) is 5.79. The monoisotopic (exact) mass is 359 g/mol. The van der Waals surface area contributed by atoms with Crippen molar-refractivity contribution in [2.24, 2.45) is 5.73 Å². The smallest absolute Gasteiger partial charge is 0.307 e. The first-order valence-corrected chi connectivity index (χ1v) is 9.05. The van der Waals surface area contributed by atoms with Gasteiger partial charge in [0.15, 0.2) is 0 Å². The van der Waals surface area contributed by atoms with Crippen LogP contribution in [0.5, 0.6) is 0 Å². The number of carbonyl (C=O) groups is 2. The molecule has 0 spiro atoms. The zero-order valence-corrected chi connectivity index (χ0v) is 15.1. The van der Waals surface area contributed by atoms with Gasteiger partial charge in [-0.1, -0.05) is 35.6 Å². The van der Waals surface area contributed by atoms with Crippen LogP contribution in [0, 0.1) is 13.8 Å². The molecule has 2 heterocycles. The van der Waals surface area contributed by atoms with E-state index in [0.29, 0.717) is 19.5 Å². The molecule has 1 aliphatic rings. The van der Waals surface area contributed by atoms with Crippen LogP contribution in [0.4, 0.5) is 0 Å². The summed E-state index contributed by atoms with van der Waals surface area (Å²) in [7, 11) is 0. The largest absolute Gasteiger partial charge is 0.368 e. The third-order valence-electron chi connectivity index (χ3n) is 4.80. The number of fused-ring (bicyclic) bond motifs is 1. The van der Waals surface area contributed by atoms with Gasteiger partial charge in [0.05, 0.1) is 0 Å². The van der Waals surface area contributed by atoms with Gasteiger partial charge in [-0.05, 0) is 31.4 Å². The number of benzene rings is 1. The van der Waals surface area contributed by atoms with Crippen molar-refractivity contribution >= 4 is 23.2 Å². The fourth-order valence-electron chi connectivity index (χ4n) is 3.34. The number of thiazole rings is 1. The van der Waals surface area contributed by atoms with Crippen molar-refractivity contribution in [2.75, 3.05) is 6.54 Å². The Morgan fingerprint density at radius 1 is 1.28 bits per heavy atom. The quantitative estimate of drug-likeness (QED) is 0.898. The Morgan fingerprint density at radius 2 is 2.00 bits per heavy atom. The summed E-state index contributed by atoms with van der Waals surface area (Å²) in [6, 6.07) is 6.84. The SMILES string of the molecule is Cc1sc(=O)n(CCC(=O)N2CCc3ccccc3[C@H]2C(N)=O)c1C. The van der Waals surface area contributed by atoms with Crippen LogP contribution in [0.1, 0.15) is 34.2 Å². The minimum atomic E-state index is -0.737. The molecular formula is C18H21N3O3S. The Bertz CT molecular complexity index is 884. The predicted molar refractivity (Wildman–Crippen MR) is 96.5 cm³/mol. The van der Waals surface area contributed by atoms with E-state index in [9.17, 15) is 14.4 Å². The van der Waals surface area contributed by atoms with Crippen LogP contribution in [0.2, 0.25) is 0 Å². The standard InChI is InChI=1S/C18H21N3O3S/c1-11-12(2)25-18(24)20(11)10-8-15(22)21-9-7-13-5-3-4-6-14(13)16(21)17(19)23/h3-6,16H,7-10H2,1-2H3,(H2,19,23)/t16-/m0/s1. The van der Waals surface area contributed by atoms with Gasteiger partial charge >= 0.3 is 4.87 Å². The van der Waals surface area contributed by atoms with E-state index in [4.69, 9.17) is 5.73 Å². The predicted octanol–water partition coefficient (Wildman–Crippen LogP) is 1.53. The van der Waals surface area contributed by atoms with Crippen LogP contribution in [0.25, 0.3) is 0 Å². The molecule has 0 saturated heterocycles. The Morgan fingerprint density at radius 3 is 2.64 bits per heavy atom. The molecule has 25 heavy (non-hydrogen) atoms. The summed E-state index contributed by atoms with van der Waals surface area (Å²) >= 11 is 1.19. The van der Waals surface area contributed by atoms with Crippen LogP contribution >= 0.6 is 11.3 Å². The molecule has 3 rings (SSSR count). The molecule has 1 aromatic heterocycles. The second kappa shape index (κ2) is 6.84. The highest BCUT2D eigenvalue weighted by atomic mass is 32.1. The maximum absolute atomic E-state index is 12.7. The first-order chi connectivity index (χ1) is 11.9. The summed E-state index contributed by atoms with van der Waals surface area (Å²) in [5.41, 5.74) is 8.32. The Kier molecular flexibility index (Phi) is 4.76. The minimum Gasteiger partial charge on any atom is -0.368 e. The molecular weight excluding hydrogens is 338 g/mol. The van der Waals surface area contributed by atoms with E-state index in [1.54, 1.807) is 9.47 Å².